The molecule has 2 aliphatic carbocycles. The molecule has 0 radical (unpaired) electrons. The molecule has 1 saturated carbocycles. The third-order valence-corrected chi connectivity index (χ3v) is 6.60. The van der Waals surface area contributed by atoms with Crippen molar-refractivity contribution >= 4 is 17.9 Å². The molecule has 3 aliphatic rings. The number of fused-ring (bicyclic) bond motifs is 1. The summed E-state index contributed by atoms with van der Waals surface area (Å²) in [7, 11) is 0. The van der Waals surface area contributed by atoms with E-state index in [0.717, 1.165) is 12.8 Å². The monoisotopic (exact) mass is 362 g/mol. The Morgan fingerprint density at radius 1 is 1.35 bits per heavy atom. The molecule has 0 spiro atoms. The van der Waals surface area contributed by atoms with Crippen LogP contribution in [0.3, 0.4) is 0 Å². The molecule has 0 unspecified atom stereocenters. The van der Waals surface area contributed by atoms with Gasteiger partial charge in [0.15, 0.2) is 0 Å². The summed E-state index contributed by atoms with van der Waals surface area (Å²) in [5.41, 5.74) is 0.354. The average Bonchev–Trinajstić information content (AvgIpc) is 2.87. The van der Waals surface area contributed by atoms with E-state index < -0.39 is 35.3 Å². The maximum atomic E-state index is 12.5. The van der Waals surface area contributed by atoms with Gasteiger partial charge in [-0.2, -0.15) is 0 Å². The fourth-order valence-corrected chi connectivity index (χ4v) is 4.82. The van der Waals surface area contributed by atoms with E-state index in [1.807, 2.05) is 6.92 Å². The van der Waals surface area contributed by atoms with Crippen LogP contribution in [0.2, 0.25) is 0 Å². The maximum Gasteiger partial charge on any atom is 0.333 e. The number of hydrogen-bond donors (Lipinski definition) is 1. The molecule has 0 aromatic rings. The summed E-state index contributed by atoms with van der Waals surface area (Å²) in [6.07, 6.45) is 3.61. The third kappa shape index (κ3) is 2.66. The van der Waals surface area contributed by atoms with Crippen molar-refractivity contribution in [1.82, 2.24) is 0 Å². The van der Waals surface area contributed by atoms with Gasteiger partial charge in [0, 0.05) is 23.0 Å². The lowest BCUT2D eigenvalue weighted by Gasteiger charge is -2.52. The number of rotatable bonds is 3. The quantitative estimate of drug-likeness (QED) is 0.612. The molecule has 0 amide bonds. The summed E-state index contributed by atoms with van der Waals surface area (Å²) >= 11 is 0. The Hall–Kier alpha value is -2.11. The first-order valence-corrected chi connectivity index (χ1v) is 9.23. The molecular formula is C20H26O6. The Kier molecular flexibility index (Phi) is 4.71. The zero-order valence-corrected chi connectivity index (χ0v) is 15.7. The molecule has 0 aromatic heterocycles. The number of ether oxygens (including phenoxy) is 2. The second kappa shape index (κ2) is 6.56. The van der Waals surface area contributed by atoms with Gasteiger partial charge in [-0.15, -0.1) is 0 Å². The summed E-state index contributed by atoms with van der Waals surface area (Å²) in [5, 5.41) is 9.84. The van der Waals surface area contributed by atoms with Crippen LogP contribution in [0.15, 0.2) is 23.0 Å². The first-order chi connectivity index (χ1) is 12.2. The van der Waals surface area contributed by atoms with E-state index in [-0.39, 0.29) is 11.9 Å². The van der Waals surface area contributed by atoms with Crippen LogP contribution in [-0.2, 0) is 23.9 Å². The van der Waals surface area contributed by atoms with Crippen LogP contribution in [0.1, 0.15) is 53.4 Å². The minimum absolute atomic E-state index is 0.00193. The number of carbonyl (C=O) groups is 3. The molecule has 6 nitrogen and oxygen atoms in total. The lowest BCUT2D eigenvalue weighted by molar-refractivity contribution is -0.171. The molecule has 0 saturated heterocycles. The molecule has 0 aromatic carbocycles. The lowest BCUT2D eigenvalue weighted by Crippen LogP contribution is -2.55. The van der Waals surface area contributed by atoms with E-state index in [1.54, 1.807) is 26.8 Å². The molecule has 0 bridgehead atoms. The predicted octanol–water partition coefficient (Wildman–Crippen LogP) is 3.22. The molecule has 1 aliphatic heterocycles. The molecule has 1 fully saturated rings. The van der Waals surface area contributed by atoms with Crippen molar-refractivity contribution in [2.24, 2.45) is 23.2 Å². The zero-order chi connectivity index (χ0) is 19.2. The number of esters is 2. The normalized spacial score (nSPS) is 36.9. The van der Waals surface area contributed by atoms with Gasteiger partial charge in [-0.25, -0.2) is 4.79 Å². The molecular weight excluding hydrogens is 336 g/mol. The van der Waals surface area contributed by atoms with Crippen molar-refractivity contribution in [1.29, 1.82) is 0 Å². The lowest BCUT2D eigenvalue weighted by atomic mass is 9.53. The highest BCUT2D eigenvalue weighted by atomic mass is 16.6. The van der Waals surface area contributed by atoms with Gasteiger partial charge in [0.05, 0.1) is 11.8 Å². The van der Waals surface area contributed by atoms with Gasteiger partial charge in [-0.05, 0) is 39.5 Å². The van der Waals surface area contributed by atoms with Crippen molar-refractivity contribution in [3.63, 3.8) is 0 Å². The predicted molar refractivity (Wildman–Crippen MR) is 92.8 cm³/mol. The summed E-state index contributed by atoms with van der Waals surface area (Å²) in [6.45, 7) is 7.04. The van der Waals surface area contributed by atoms with E-state index in [0.29, 0.717) is 29.7 Å². The van der Waals surface area contributed by atoms with Crippen LogP contribution in [0, 0.1) is 23.2 Å². The van der Waals surface area contributed by atoms with Crippen molar-refractivity contribution in [2.45, 2.75) is 59.5 Å². The Labute approximate surface area is 153 Å². The van der Waals surface area contributed by atoms with Gasteiger partial charge in [-0.3, -0.25) is 9.59 Å². The Morgan fingerprint density at radius 3 is 2.65 bits per heavy atom. The first kappa shape index (κ1) is 18.7. The number of aliphatic carboxylic acids is 1. The molecule has 6 heteroatoms. The topological polar surface area (TPSA) is 89.9 Å². The maximum absolute atomic E-state index is 12.5. The van der Waals surface area contributed by atoms with Crippen LogP contribution >= 0.6 is 0 Å². The number of carboxylic acids is 1. The number of carboxylic acid groups (broad SMARTS) is 1. The van der Waals surface area contributed by atoms with Gasteiger partial charge in [0.25, 0.3) is 0 Å². The van der Waals surface area contributed by atoms with E-state index in [4.69, 9.17) is 9.47 Å². The van der Waals surface area contributed by atoms with Crippen LogP contribution in [-0.4, -0.2) is 29.1 Å². The SMILES string of the molecule is C/C=C(/C)C(=O)O[C@@H]1C2=C(C[C@H]3CCC[C@H](C(=O)O)[C@]31C)OC(=O)[C@@H]2C. The van der Waals surface area contributed by atoms with Gasteiger partial charge in [0.1, 0.15) is 11.9 Å². The Morgan fingerprint density at radius 2 is 2.04 bits per heavy atom. The van der Waals surface area contributed by atoms with Crippen molar-refractivity contribution in [3.05, 3.63) is 23.0 Å². The van der Waals surface area contributed by atoms with Gasteiger partial charge < -0.3 is 14.6 Å². The smallest absolute Gasteiger partial charge is 0.333 e. The Bertz CT molecular complexity index is 718. The summed E-state index contributed by atoms with van der Waals surface area (Å²) in [5.74, 6) is -2.28. The second-order valence-corrected chi connectivity index (χ2v) is 7.87. The second-order valence-electron chi connectivity index (χ2n) is 7.87. The summed E-state index contributed by atoms with van der Waals surface area (Å²) in [6, 6.07) is 0. The minimum Gasteiger partial charge on any atom is -0.481 e. The fourth-order valence-electron chi connectivity index (χ4n) is 4.82. The standard InChI is InChI=1S/C20H26O6/c1-5-10(2)18(23)26-16-15-11(3)19(24)25-14(15)9-12-7-6-8-13(17(21)22)20(12,16)4/h5,11-13,16H,6-9H2,1-4H3,(H,21,22)/b10-5-/t11-,12-,13-,16-,20+/m1/s1. The summed E-state index contributed by atoms with van der Waals surface area (Å²) in [4.78, 5) is 36.7. The largest absolute Gasteiger partial charge is 0.481 e. The molecule has 3 rings (SSSR count). The molecule has 26 heavy (non-hydrogen) atoms. The number of allylic oxidation sites excluding steroid dienone is 2. The highest BCUT2D eigenvalue weighted by Crippen LogP contribution is 2.58. The molecule has 1 heterocycles. The molecule has 5 atom stereocenters. The zero-order valence-electron chi connectivity index (χ0n) is 15.7. The van der Waals surface area contributed by atoms with E-state index in [1.165, 1.54) is 0 Å². The van der Waals surface area contributed by atoms with Gasteiger partial charge in [0.2, 0.25) is 0 Å². The summed E-state index contributed by atoms with van der Waals surface area (Å²) < 4.78 is 11.3. The van der Waals surface area contributed by atoms with E-state index in [9.17, 15) is 19.5 Å². The van der Waals surface area contributed by atoms with Crippen LogP contribution in [0.25, 0.3) is 0 Å². The van der Waals surface area contributed by atoms with E-state index in [2.05, 4.69) is 0 Å². The Balaban J connectivity index is 2.10. The number of hydrogen-bond acceptors (Lipinski definition) is 5. The minimum atomic E-state index is -0.872. The van der Waals surface area contributed by atoms with Crippen LogP contribution in [0.5, 0.6) is 0 Å². The van der Waals surface area contributed by atoms with Crippen LogP contribution in [0.4, 0.5) is 0 Å². The van der Waals surface area contributed by atoms with Crippen molar-refractivity contribution < 1.29 is 29.0 Å². The van der Waals surface area contributed by atoms with Crippen LogP contribution < -0.4 is 0 Å². The van der Waals surface area contributed by atoms with Gasteiger partial charge in [-0.1, -0.05) is 19.4 Å². The van der Waals surface area contributed by atoms with Gasteiger partial charge >= 0.3 is 17.9 Å². The number of carbonyl (C=O) groups excluding carboxylic acids is 2. The third-order valence-electron chi connectivity index (χ3n) is 6.60. The highest BCUT2D eigenvalue weighted by Gasteiger charge is 2.60. The average molecular weight is 362 g/mol. The molecule has 1 N–H and O–H groups in total. The molecule has 142 valence electrons. The fraction of sp³-hybridized carbons (Fsp3) is 0.650. The first-order valence-electron chi connectivity index (χ1n) is 9.23. The highest BCUT2D eigenvalue weighted by molar-refractivity contribution is 5.88. The van der Waals surface area contributed by atoms with E-state index >= 15 is 0 Å². The van der Waals surface area contributed by atoms with Crippen molar-refractivity contribution in [2.75, 3.05) is 0 Å². The van der Waals surface area contributed by atoms with Crippen molar-refractivity contribution in [3.8, 4) is 0 Å².